The van der Waals surface area contributed by atoms with Crippen molar-refractivity contribution in [3.05, 3.63) is 72.4 Å². The zero-order valence-corrected chi connectivity index (χ0v) is 26.0. The van der Waals surface area contributed by atoms with Crippen LogP contribution in [0.25, 0.3) is 22.2 Å². The average Bonchev–Trinajstić information content (AvgIpc) is 3.02. The summed E-state index contributed by atoms with van der Waals surface area (Å²) in [6, 6.07) is 18.3. The van der Waals surface area contributed by atoms with E-state index in [4.69, 9.17) is 23.4 Å². The van der Waals surface area contributed by atoms with Crippen molar-refractivity contribution < 1.29 is 26.8 Å². The van der Waals surface area contributed by atoms with Gasteiger partial charge in [0.2, 0.25) is 6.29 Å². The lowest BCUT2D eigenvalue weighted by molar-refractivity contribution is -0.107. The molecule has 2 atom stereocenters. The molecule has 5 rings (SSSR count). The molecule has 9 nitrogen and oxygen atoms in total. The molecule has 1 aliphatic heterocycles. The second kappa shape index (κ2) is 13.7. The fraction of sp³-hybridized carbons (Fsp3) is 0.394. The van der Waals surface area contributed by atoms with Crippen LogP contribution in [0, 0.1) is 6.92 Å². The quantitative estimate of drug-likeness (QED) is 0.126. The van der Waals surface area contributed by atoms with E-state index in [1.54, 1.807) is 25.1 Å². The highest BCUT2D eigenvalue weighted by molar-refractivity contribution is 7.86. The van der Waals surface area contributed by atoms with Crippen LogP contribution in [0.3, 0.4) is 0 Å². The number of hydrogen-bond acceptors (Lipinski definition) is 9. The maximum absolute atomic E-state index is 13.4. The predicted octanol–water partition coefficient (Wildman–Crippen LogP) is 6.88. The number of nitrogens with zero attached hydrogens (tertiary/aromatic N) is 3. The van der Waals surface area contributed by atoms with Crippen LogP contribution >= 0.6 is 0 Å². The lowest BCUT2D eigenvalue weighted by Gasteiger charge is -2.25. The molecule has 228 valence electrons. The number of rotatable bonds is 12. The van der Waals surface area contributed by atoms with Gasteiger partial charge in [0.25, 0.3) is 0 Å². The first-order chi connectivity index (χ1) is 20.8. The summed E-state index contributed by atoms with van der Waals surface area (Å²) < 4.78 is 50.0. The molecule has 2 aromatic heterocycles. The van der Waals surface area contributed by atoms with Gasteiger partial charge in [-0.25, -0.2) is 14.2 Å². The van der Waals surface area contributed by atoms with Crippen LogP contribution in [0.15, 0.2) is 71.8 Å². The minimum Gasteiger partial charge on any atom is -0.464 e. The standard InChI is InChI=1S/C33H39N3O6S/c1-5-32(42-43(37,38)30-17-11-23(4)20-29(30)41-33-10-8-9-19-39-33)40-26-14-16-27-24(21-26)12-15-28(35-27)25-13-18-31(34-22-25)36(6-2)7-3/h11-18,20-22,32-33H,5-10,19H2,1-4H3. The Morgan fingerprint density at radius 3 is 2.53 bits per heavy atom. The molecule has 2 unspecified atom stereocenters. The number of fused-ring (bicyclic) bond motifs is 1. The van der Waals surface area contributed by atoms with Crippen molar-refractivity contribution in [1.29, 1.82) is 0 Å². The van der Waals surface area contributed by atoms with Crippen LogP contribution in [0.2, 0.25) is 0 Å². The Morgan fingerprint density at radius 2 is 1.84 bits per heavy atom. The predicted molar refractivity (Wildman–Crippen MR) is 167 cm³/mol. The van der Waals surface area contributed by atoms with E-state index in [0.717, 1.165) is 59.5 Å². The van der Waals surface area contributed by atoms with E-state index in [-0.39, 0.29) is 10.6 Å². The molecule has 0 aliphatic carbocycles. The van der Waals surface area contributed by atoms with Crippen molar-refractivity contribution in [3.63, 3.8) is 0 Å². The SMILES string of the molecule is CCC(Oc1ccc2nc(-c3ccc(N(CC)CC)nc3)ccc2c1)OS(=O)(=O)c1ccc(C)cc1OC1CCCCO1. The monoisotopic (exact) mass is 605 g/mol. The van der Waals surface area contributed by atoms with Crippen LogP contribution < -0.4 is 14.4 Å². The third-order valence-electron chi connectivity index (χ3n) is 7.39. The average molecular weight is 606 g/mol. The molecule has 0 radical (unpaired) electrons. The first kappa shape index (κ1) is 30.7. The summed E-state index contributed by atoms with van der Waals surface area (Å²) in [7, 11) is -4.21. The van der Waals surface area contributed by atoms with Gasteiger partial charge in [-0.05, 0) is 87.7 Å². The maximum atomic E-state index is 13.4. The Bertz CT molecular complexity index is 1630. The normalized spacial score (nSPS) is 16.1. The fourth-order valence-electron chi connectivity index (χ4n) is 4.99. The Kier molecular flexibility index (Phi) is 9.79. The van der Waals surface area contributed by atoms with Crippen LogP contribution in [0.4, 0.5) is 5.82 Å². The Labute approximate surface area is 253 Å². The van der Waals surface area contributed by atoms with E-state index in [0.29, 0.717) is 25.2 Å². The number of aryl methyl sites for hydroxylation is 1. The second-order valence-corrected chi connectivity index (χ2v) is 12.0. The summed E-state index contributed by atoms with van der Waals surface area (Å²) in [5.41, 5.74) is 3.40. The molecule has 1 aliphatic rings. The lowest BCUT2D eigenvalue weighted by Crippen LogP contribution is -2.27. The lowest BCUT2D eigenvalue weighted by atomic mass is 10.1. The van der Waals surface area contributed by atoms with Crippen LogP contribution in [0.1, 0.15) is 52.0 Å². The van der Waals surface area contributed by atoms with Gasteiger partial charge in [0.1, 0.15) is 22.2 Å². The molecule has 2 aromatic carbocycles. The van der Waals surface area contributed by atoms with Crippen LogP contribution in [-0.4, -0.2) is 50.7 Å². The van der Waals surface area contributed by atoms with Gasteiger partial charge in [-0.1, -0.05) is 19.1 Å². The summed E-state index contributed by atoms with van der Waals surface area (Å²) in [4.78, 5) is 11.6. The van der Waals surface area contributed by atoms with Crippen molar-refractivity contribution in [1.82, 2.24) is 9.97 Å². The summed E-state index contributed by atoms with van der Waals surface area (Å²) in [5.74, 6) is 1.63. The highest BCUT2D eigenvalue weighted by atomic mass is 32.2. The minimum absolute atomic E-state index is 0.0517. The summed E-state index contributed by atoms with van der Waals surface area (Å²) in [5, 5.41) is 0.855. The van der Waals surface area contributed by atoms with Gasteiger partial charge in [-0.15, -0.1) is 0 Å². The van der Waals surface area contributed by atoms with Crippen molar-refractivity contribution in [2.45, 2.75) is 70.9 Å². The molecule has 10 heteroatoms. The smallest absolute Gasteiger partial charge is 0.303 e. The Hall–Kier alpha value is -3.73. The van der Waals surface area contributed by atoms with Crippen LogP contribution in [-0.2, 0) is 19.0 Å². The van der Waals surface area contributed by atoms with Crippen molar-refractivity contribution >= 4 is 26.8 Å². The molecule has 0 amide bonds. The summed E-state index contributed by atoms with van der Waals surface area (Å²) >= 11 is 0. The van der Waals surface area contributed by atoms with Crippen molar-refractivity contribution in [2.24, 2.45) is 0 Å². The van der Waals surface area contributed by atoms with Gasteiger partial charge >= 0.3 is 10.1 Å². The van der Waals surface area contributed by atoms with Crippen molar-refractivity contribution in [2.75, 3.05) is 24.6 Å². The fourth-order valence-corrected chi connectivity index (χ4v) is 6.14. The third-order valence-corrected chi connectivity index (χ3v) is 8.74. The summed E-state index contributed by atoms with van der Waals surface area (Å²) in [6.07, 6.45) is 3.25. The van der Waals surface area contributed by atoms with E-state index in [1.165, 1.54) is 6.07 Å². The largest absolute Gasteiger partial charge is 0.464 e. The highest BCUT2D eigenvalue weighted by Crippen LogP contribution is 2.31. The Morgan fingerprint density at radius 1 is 1.00 bits per heavy atom. The molecule has 1 saturated heterocycles. The first-order valence-electron chi connectivity index (χ1n) is 14.9. The molecule has 0 N–H and O–H groups in total. The van der Waals surface area contributed by atoms with Crippen molar-refractivity contribution in [3.8, 4) is 22.8 Å². The topological polar surface area (TPSA) is 100 Å². The zero-order valence-electron chi connectivity index (χ0n) is 25.2. The van der Waals surface area contributed by atoms with Gasteiger partial charge in [-0.2, -0.15) is 8.42 Å². The van der Waals surface area contributed by atoms with E-state index in [1.807, 2.05) is 49.5 Å². The number of anilines is 1. The van der Waals surface area contributed by atoms with Gasteiger partial charge in [0.05, 0.1) is 17.8 Å². The van der Waals surface area contributed by atoms with E-state index in [9.17, 15) is 8.42 Å². The number of aromatic nitrogens is 2. The van der Waals surface area contributed by atoms with Crippen LogP contribution in [0.5, 0.6) is 11.5 Å². The van der Waals surface area contributed by atoms with Gasteiger partial charge < -0.3 is 19.1 Å². The van der Waals surface area contributed by atoms with E-state index < -0.39 is 22.7 Å². The minimum atomic E-state index is -4.21. The zero-order chi connectivity index (χ0) is 30.4. The molecule has 4 aromatic rings. The van der Waals surface area contributed by atoms with E-state index in [2.05, 4.69) is 23.7 Å². The molecular weight excluding hydrogens is 566 g/mol. The van der Waals surface area contributed by atoms with E-state index >= 15 is 0 Å². The van der Waals surface area contributed by atoms with Gasteiger partial charge in [-0.3, -0.25) is 0 Å². The molecule has 0 saturated carbocycles. The number of pyridine rings is 2. The number of benzene rings is 2. The Balaban J connectivity index is 1.30. The third kappa shape index (κ3) is 7.44. The molecule has 0 bridgehead atoms. The number of hydrogen-bond donors (Lipinski definition) is 0. The van der Waals surface area contributed by atoms with Gasteiger partial charge in [0.15, 0.2) is 6.29 Å². The second-order valence-electron chi connectivity index (χ2n) is 10.5. The molecular formula is C33H39N3O6S. The molecule has 3 heterocycles. The summed E-state index contributed by atoms with van der Waals surface area (Å²) in [6.45, 7) is 10.3. The molecule has 43 heavy (non-hydrogen) atoms. The first-order valence-corrected chi connectivity index (χ1v) is 16.3. The number of ether oxygens (including phenoxy) is 3. The van der Waals surface area contributed by atoms with Gasteiger partial charge in [0, 0.05) is 43.1 Å². The maximum Gasteiger partial charge on any atom is 0.303 e. The molecule has 1 fully saturated rings. The highest BCUT2D eigenvalue weighted by Gasteiger charge is 2.28. The molecule has 0 spiro atoms.